The molecule has 1 N–H and O–H groups in total. The number of pyridine rings is 2. The summed E-state index contributed by atoms with van der Waals surface area (Å²) >= 11 is 1.68. The van der Waals surface area contributed by atoms with Crippen LogP contribution in [0.25, 0.3) is 32.4 Å². The number of fused-ring (bicyclic) bond motifs is 2. The monoisotopic (exact) mass is 292 g/mol. The van der Waals surface area contributed by atoms with Crippen LogP contribution in [0.15, 0.2) is 52.8 Å². The summed E-state index contributed by atoms with van der Waals surface area (Å²) < 4.78 is 1.21. The van der Waals surface area contributed by atoms with Crippen molar-refractivity contribution in [2.45, 2.75) is 6.92 Å². The van der Waals surface area contributed by atoms with Crippen LogP contribution in [-0.4, -0.2) is 9.97 Å². The van der Waals surface area contributed by atoms with E-state index in [1.807, 2.05) is 25.1 Å². The van der Waals surface area contributed by atoms with Crippen molar-refractivity contribution in [2.24, 2.45) is 0 Å². The summed E-state index contributed by atoms with van der Waals surface area (Å²) in [5, 5.41) is 3.87. The molecule has 0 saturated heterocycles. The normalized spacial score (nSPS) is 11.3. The average Bonchev–Trinajstić information content (AvgIpc) is 2.92. The molecule has 0 unspecified atom stereocenters. The second-order valence-electron chi connectivity index (χ2n) is 5.10. The van der Waals surface area contributed by atoms with Crippen LogP contribution in [0.5, 0.6) is 0 Å². The van der Waals surface area contributed by atoms with E-state index >= 15 is 0 Å². The Bertz CT molecular complexity index is 1030. The van der Waals surface area contributed by atoms with E-state index < -0.39 is 0 Å². The Morgan fingerprint density at radius 3 is 2.90 bits per heavy atom. The highest BCUT2D eigenvalue weighted by Gasteiger charge is 2.09. The van der Waals surface area contributed by atoms with Crippen molar-refractivity contribution in [1.82, 2.24) is 9.97 Å². The fourth-order valence-corrected chi connectivity index (χ4v) is 3.52. The molecule has 102 valence electrons. The summed E-state index contributed by atoms with van der Waals surface area (Å²) in [6, 6.07) is 11.7. The highest BCUT2D eigenvalue weighted by Crippen LogP contribution is 2.32. The van der Waals surface area contributed by atoms with Gasteiger partial charge in [-0.1, -0.05) is 18.2 Å². The van der Waals surface area contributed by atoms with Gasteiger partial charge in [0.15, 0.2) is 5.43 Å². The Morgan fingerprint density at radius 1 is 1.14 bits per heavy atom. The zero-order valence-electron chi connectivity index (χ0n) is 11.4. The van der Waals surface area contributed by atoms with Gasteiger partial charge in [-0.25, -0.2) is 4.98 Å². The Morgan fingerprint density at radius 2 is 2.00 bits per heavy atom. The summed E-state index contributed by atoms with van der Waals surface area (Å²) in [6.07, 6.45) is 1.77. The molecule has 0 aliphatic rings. The van der Waals surface area contributed by atoms with Gasteiger partial charge in [-0.2, -0.15) is 0 Å². The van der Waals surface area contributed by atoms with Crippen molar-refractivity contribution in [2.75, 3.05) is 0 Å². The molecule has 0 spiro atoms. The topological polar surface area (TPSA) is 45.8 Å². The van der Waals surface area contributed by atoms with E-state index in [9.17, 15) is 4.79 Å². The van der Waals surface area contributed by atoms with Crippen molar-refractivity contribution < 1.29 is 0 Å². The standard InChI is InChI=1S/C17H12N2OS/c1-10-6-12-15(20)7-14(19-17(12)18-8-10)13-9-21-16-5-3-2-4-11(13)16/h2-9H,1H3,(H,18,19,20). The van der Waals surface area contributed by atoms with E-state index in [2.05, 4.69) is 27.5 Å². The van der Waals surface area contributed by atoms with Crippen LogP contribution in [0.3, 0.4) is 0 Å². The molecule has 0 amide bonds. The number of benzene rings is 1. The molecule has 1 aromatic carbocycles. The molecule has 0 aliphatic carbocycles. The zero-order valence-corrected chi connectivity index (χ0v) is 12.2. The van der Waals surface area contributed by atoms with Crippen LogP contribution in [0.1, 0.15) is 5.56 Å². The maximum Gasteiger partial charge on any atom is 0.191 e. The van der Waals surface area contributed by atoms with Gasteiger partial charge in [0.2, 0.25) is 0 Å². The third-order valence-electron chi connectivity index (χ3n) is 3.59. The number of aromatic nitrogens is 2. The first kappa shape index (κ1) is 12.3. The lowest BCUT2D eigenvalue weighted by Gasteiger charge is -2.04. The van der Waals surface area contributed by atoms with Gasteiger partial charge in [0, 0.05) is 33.3 Å². The molecule has 4 rings (SSSR count). The number of aryl methyl sites for hydroxylation is 1. The summed E-state index contributed by atoms with van der Waals surface area (Å²) in [5.74, 6) is 0. The maximum absolute atomic E-state index is 12.3. The SMILES string of the molecule is Cc1cnc2[nH]c(-c3csc4ccccc34)cc(=O)c2c1. The maximum atomic E-state index is 12.3. The molecular formula is C17H12N2OS. The van der Waals surface area contributed by atoms with Crippen LogP contribution < -0.4 is 5.43 Å². The molecule has 4 heteroatoms. The summed E-state index contributed by atoms with van der Waals surface area (Å²) in [7, 11) is 0. The third-order valence-corrected chi connectivity index (χ3v) is 4.55. The molecule has 3 nitrogen and oxygen atoms in total. The Hall–Kier alpha value is -2.46. The Kier molecular flexibility index (Phi) is 2.65. The number of H-pyrrole nitrogens is 1. The van der Waals surface area contributed by atoms with Crippen LogP contribution in [0.2, 0.25) is 0 Å². The number of nitrogens with zero attached hydrogens (tertiary/aromatic N) is 1. The van der Waals surface area contributed by atoms with Crippen LogP contribution in [-0.2, 0) is 0 Å². The lowest BCUT2D eigenvalue weighted by Crippen LogP contribution is -2.04. The minimum absolute atomic E-state index is 0.00484. The summed E-state index contributed by atoms with van der Waals surface area (Å²) in [5.41, 5.74) is 3.50. The van der Waals surface area contributed by atoms with E-state index in [1.54, 1.807) is 23.6 Å². The largest absolute Gasteiger partial charge is 0.339 e. The van der Waals surface area contributed by atoms with Gasteiger partial charge in [-0.05, 0) is 24.6 Å². The lowest BCUT2D eigenvalue weighted by atomic mass is 10.1. The Labute approximate surface area is 124 Å². The fraction of sp³-hybridized carbons (Fsp3) is 0.0588. The molecule has 0 fully saturated rings. The van der Waals surface area contributed by atoms with Crippen LogP contribution in [0, 0.1) is 6.92 Å². The van der Waals surface area contributed by atoms with Crippen molar-refractivity contribution in [3.8, 4) is 11.3 Å². The van der Waals surface area contributed by atoms with Gasteiger partial charge in [0.05, 0.1) is 11.1 Å². The molecule has 0 aliphatic heterocycles. The molecule has 0 radical (unpaired) electrons. The van der Waals surface area contributed by atoms with E-state index in [-0.39, 0.29) is 5.43 Å². The minimum atomic E-state index is 0.00484. The van der Waals surface area contributed by atoms with E-state index in [0.717, 1.165) is 22.2 Å². The second kappa shape index (κ2) is 4.53. The number of nitrogens with one attached hydrogen (secondary N) is 1. The van der Waals surface area contributed by atoms with Crippen molar-refractivity contribution in [1.29, 1.82) is 0 Å². The predicted octanol–water partition coefficient (Wildman–Crippen LogP) is 4.11. The second-order valence-corrected chi connectivity index (χ2v) is 6.01. The zero-order chi connectivity index (χ0) is 14.4. The van der Waals surface area contributed by atoms with Gasteiger partial charge >= 0.3 is 0 Å². The van der Waals surface area contributed by atoms with Crippen molar-refractivity contribution >= 4 is 32.5 Å². The third kappa shape index (κ3) is 1.96. The smallest absolute Gasteiger partial charge is 0.191 e. The van der Waals surface area contributed by atoms with Gasteiger partial charge < -0.3 is 4.98 Å². The van der Waals surface area contributed by atoms with Crippen LogP contribution >= 0.6 is 11.3 Å². The minimum Gasteiger partial charge on any atom is -0.339 e. The molecular weight excluding hydrogens is 280 g/mol. The van der Waals surface area contributed by atoms with E-state index in [0.29, 0.717) is 11.0 Å². The molecule has 0 atom stereocenters. The van der Waals surface area contributed by atoms with Crippen molar-refractivity contribution in [3.63, 3.8) is 0 Å². The fourth-order valence-electron chi connectivity index (χ4n) is 2.56. The molecule has 0 bridgehead atoms. The molecule has 3 aromatic heterocycles. The average molecular weight is 292 g/mol. The number of thiophene rings is 1. The highest BCUT2D eigenvalue weighted by molar-refractivity contribution is 7.17. The van der Waals surface area contributed by atoms with Gasteiger partial charge in [0.25, 0.3) is 0 Å². The summed E-state index contributed by atoms with van der Waals surface area (Å²) in [4.78, 5) is 20.0. The quantitative estimate of drug-likeness (QED) is 0.574. The van der Waals surface area contributed by atoms with E-state index in [1.165, 1.54) is 4.70 Å². The predicted molar refractivity (Wildman–Crippen MR) is 87.9 cm³/mol. The first-order chi connectivity index (χ1) is 10.2. The lowest BCUT2D eigenvalue weighted by molar-refractivity contribution is 1.25. The van der Waals surface area contributed by atoms with Crippen LogP contribution in [0.4, 0.5) is 0 Å². The van der Waals surface area contributed by atoms with Gasteiger partial charge in [-0.3, -0.25) is 4.79 Å². The first-order valence-corrected chi connectivity index (χ1v) is 7.56. The Balaban J connectivity index is 2.03. The van der Waals surface area contributed by atoms with Crippen molar-refractivity contribution in [3.05, 3.63) is 63.8 Å². The van der Waals surface area contributed by atoms with Gasteiger partial charge in [0.1, 0.15) is 5.65 Å². The number of aromatic amines is 1. The number of hydrogen-bond donors (Lipinski definition) is 1. The molecule has 3 heterocycles. The van der Waals surface area contributed by atoms with E-state index in [4.69, 9.17) is 0 Å². The molecule has 0 saturated carbocycles. The highest BCUT2D eigenvalue weighted by atomic mass is 32.1. The number of rotatable bonds is 1. The molecule has 4 aromatic rings. The molecule has 21 heavy (non-hydrogen) atoms. The van der Waals surface area contributed by atoms with Gasteiger partial charge in [-0.15, -0.1) is 11.3 Å². The summed E-state index contributed by atoms with van der Waals surface area (Å²) in [6.45, 7) is 1.94. The first-order valence-electron chi connectivity index (χ1n) is 6.69. The number of hydrogen-bond acceptors (Lipinski definition) is 3.